The van der Waals surface area contributed by atoms with Gasteiger partial charge in [0, 0.05) is 11.1 Å². The van der Waals surface area contributed by atoms with E-state index in [4.69, 9.17) is 9.47 Å². The molecule has 0 spiro atoms. The molecule has 0 aromatic heterocycles. The third kappa shape index (κ3) is 6.03. The molecule has 2 amide bonds. The van der Waals surface area contributed by atoms with Crippen molar-refractivity contribution in [2.24, 2.45) is 0 Å². The van der Waals surface area contributed by atoms with Gasteiger partial charge in [-0.3, -0.25) is 20.4 Å². The molecule has 0 radical (unpaired) electrons. The maximum absolute atomic E-state index is 11.5. The summed E-state index contributed by atoms with van der Waals surface area (Å²) in [5.74, 6) is -0.249. The van der Waals surface area contributed by atoms with Crippen LogP contribution in [0.25, 0.3) is 0 Å². The van der Waals surface area contributed by atoms with E-state index in [1.54, 1.807) is 13.0 Å². The van der Waals surface area contributed by atoms with Crippen LogP contribution in [0.4, 0.5) is 0 Å². The molecule has 0 saturated carbocycles. The van der Waals surface area contributed by atoms with Crippen molar-refractivity contribution in [3.63, 3.8) is 0 Å². The molecule has 0 fully saturated rings. The molecule has 7 heteroatoms. The minimum atomic E-state index is -0.447. The molecular weight excluding hydrogens is 328 g/mol. The molecule has 6 nitrogen and oxygen atoms in total. The molecule has 0 unspecified atom stereocenters. The van der Waals surface area contributed by atoms with Gasteiger partial charge in [-0.1, -0.05) is 15.9 Å². The Bertz CT molecular complexity index is 479. The van der Waals surface area contributed by atoms with E-state index in [1.807, 2.05) is 19.1 Å². The number of hydrazine groups is 1. The largest absolute Gasteiger partial charge is 0.483 e. The lowest BCUT2D eigenvalue weighted by molar-refractivity contribution is -0.132. The number of carbonyl (C=O) groups excluding carboxylic acids is 2. The Morgan fingerprint density at radius 2 is 1.85 bits per heavy atom. The Labute approximate surface area is 125 Å². The number of halogens is 1. The highest BCUT2D eigenvalue weighted by atomic mass is 79.9. The minimum absolute atomic E-state index is 0.0938. The van der Waals surface area contributed by atoms with E-state index in [0.717, 1.165) is 10.0 Å². The van der Waals surface area contributed by atoms with E-state index < -0.39 is 11.8 Å². The van der Waals surface area contributed by atoms with Crippen LogP contribution in [0, 0.1) is 6.92 Å². The monoisotopic (exact) mass is 344 g/mol. The minimum Gasteiger partial charge on any atom is -0.483 e. The van der Waals surface area contributed by atoms with Gasteiger partial charge in [0.2, 0.25) is 0 Å². The van der Waals surface area contributed by atoms with Crippen molar-refractivity contribution in [3.8, 4) is 5.75 Å². The summed E-state index contributed by atoms with van der Waals surface area (Å²) in [6, 6.07) is 5.47. The van der Waals surface area contributed by atoms with Crippen molar-refractivity contribution in [2.45, 2.75) is 13.8 Å². The lowest BCUT2D eigenvalue weighted by Gasteiger charge is -2.10. The fourth-order valence-electron chi connectivity index (χ4n) is 1.32. The van der Waals surface area contributed by atoms with Crippen LogP contribution in [0.5, 0.6) is 5.75 Å². The summed E-state index contributed by atoms with van der Waals surface area (Å²) in [6.07, 6.45) is 0. The van der Waals surface area contributed by atoms with Gasteiger partial charge in [-0.25, -0.2) is 0 Å². The second-order valence-corrected chi connectivity index (χ2v) is 4.85. The highest BCUT2D eigenvalue weighted by molar-refractivity contribution is 9.10. The summed E-state index contributed by atoms with van der Waals surface area (Å²) in [5.41, 5.74) is 5.38. The molecule has 0 aliphatic heterocycles. The van der Waals surface area contributed by atoms with Gasteiger partial charge in [-0.15, -0.1) is 0 Å². The van der Waals surface area contributed by atoms with Gasteiger partial charge in [0.05, 0.1) is 0 Å². The number of hydrogen-bond donors (Lipinski definition) is 2. The van der Waals surface area contributed by atoms with Crippen molar-refractivity contribution in [1.29, 1.82) is 0 Å². The van der Waals surface area contributed by atoms with Crippen molar-refractivity contribution < 1.29 is 19.1 Å². The van der Waals surface area contributed by atoms with Gasteiger partial charge >= 0.3 is 0 Å². The molecule has 1 rings (SSSR count). The van der Waals surface area contributed by atoms with Crippen molar-refractivity contribution >= 4 is 27.7 Å². The van der Waals surface area contributed by atoms with E-state index >= 15 is 0 Å². The average molecular weight is 345 g/mol. The Hall–Kier alpha value is -1.60. The van der Waals surface area contributed by atoms with Crippen LogP contribution < -0.4 is 15.6 Å². The first-order valence-electron chi connectivity index (χ1n) is 6.07. The lowest BCUT2D eigenvalue weighted by Crippen LogP contribution is -2.45. The van der Waals surface area contributed by atoms with Crippen LogP contribution in [0.2, 0.25) is 0 Å². The summed E-state index contributed by atoms with van der Waals surface area (Å²) in [4.78, 5) is 22.6. The SMILES string of the molecule is CCOCC(=O)NNC(=O)COc1ccc(Br)cc1C. The third-order valence-corrected chi connectivity index (χ3v) is 2.77. The van der Waals surface area contributed by atoms with Gasteiger partial charge in [0.25, 0.3) is 11.8 Å². The molecule has 0 heterocycles. The number of ether oxygens (including phenoxy) is 2. The molecule has 0 aliphatic carbocycles. The first kappa shape index (κ1) is 16.5. The Balaban J connectivity index is 2.31. The van der Waals surface area contributed by atoms with Crippen LogP contribution in [-0.2, 0) is 14.3 Å². The highest BCUT2D eigenvalue weighted by Gasteiger charge is 2.07. The number of amides is 2. The van der Waals surface area contributed by atoms with E-state index in [1.165, 1.54) is 0 Å². The van der Waals surface area contributed by atoms with Crippen LogP contribution in [-0.4, -0.2) is 31.6 Å². The summed E-state index contributed by atoms with van der Waals surface area (Å²) in [6.45, 7) is 3.82. The fourth-order valence-corrected chi connectivity index (χ4v) is 1.80. The molecular formula is C13H17BrN2O4. The molecule has 0 atom stereocenters. The summed E-state index contributed by atoms with van der Waals surface area (Å²) >= 11 is 3.34. The fraction of sp³-hybridized carbons (Fsp3) is 0.385. The van der Waals surface area contributed by atoms with E-state index in [0.29, 0.717) is 12.4 Å². The number of carbonyl (C=O) groups is 2. The molecule has 1 aromatic carbocycles. The van der Waals surface area contributed by atoms with Crippen LogP contribution in [0.1, 0.15) is 12.5 Å². The van der Waals surface area contributed by atoms with Gasteiger partial charge in [0.1, 0.15) is 12.4 Å². The first-order valence-corrected chi connectivity index (χ1v) is 6.86. The third-order valence-electron chi connectivity index (χ3n) is 2.27. The highest BCUT2D eigenvalue weighted by Crippen LogP contribution is 2.21. The zero-order chi connectivity index (χ0) is 15.0. The topological polar surface area (TPSA) is 76.7 Å². The normalized spacial score (nSPS) is 9.95. The van der Waals surface area contributed by atoms with Gasteiger partial charge in [0.15, 0.2) is 6.61 Å². The van der Waals surface area contributed by atoms with Crippen molar-refractivity contribution in [2.75, 3.05) is 19.8 Å². The molecule has 20 heavy (non-hydrogen) atoms. The molecule has 0 aliphatic rings. The lowest BCUT2D eigenvalue weighted by atomic mass is 10.2. The number of aryl methyl sites for hydroxylation is 1. The predicted octanol–water partition coefficient (Wildman–Crippen LogP) is 1.32. The zero-order valence-corrected chi connectivity index (χ0v) is 13.0. The quantitative estimate of drug-likeness (QED) is 0.763. The Morgan fingerprint density at radius 3 is 2.45 bits per heavy atom. The molecule has 110 valence electrons. The first-order chi connectivity index (χ1) is 9.52. The number of rotatable bonds is 6. The van der Waals surface area contributed by atoms with Crippen LogP contribution >= 0.6 is 15.9 Å². The molecule has 0 saturated heterocycles. The Kier molecular flexibility index (Phi) is 7.03. The van der Waals surface area contributed by atoms with Gasteiger partial charge in [-0.2, -0.15) is 0 Å². The van der Waals surface area contributed by atoms with Crippen LogP contribution in [0.15, 0.2) is 22.7 Å². The molecule has 1 aromatic rings. The number of benzene rings is 1. The standard InChI is InChI=1S/C13H17BrN2O4/c1-3-19-7-12(17)15-16-13(18)8-20-11-5-4-10(14)6-9(11)2/h4-6H,3,7-8H2,1-2H3,(H,15,17)(H,16,18). The zero-order valence-electron chi connectivity index (χ0n) is 11.4. The maximum atomic E-state index is 11.5. The van der Waals surface area contributed by atoms with Gasteiger partial charge in [-0.05, 0) is 37.6 Å². The Morgan fingerprint density at radius 1 is 1.20 bits per heavy atom. The number of nitrogens with one attached hydrogen (secondary N) is 2. The summed E-state index contributed by atoms with van der Waals surface area (Å²) in [5, 5.41) is 0. The average Bonchev–Trinajstić information content (AvgIpc) is 2.41. The van der Waals surface area contributed by atoms with Crippen LogP contribution in [0.3, 0.4) is 0 Å². The van der Waals surface area contributed by atoms with E-state index in [-0.39, 0.29) is 13.2 Å². The second kappa shape index (κ2) is 8.55. The van der Waals surface area contributed by atoms with Gasteiger partial charge < -0.3 is 9.47 Å². The van der Waals surface area contributed by atoms with Crippen molar-refractivity contribution in [3.05, 3.63) is 28.2 Å². The number of hydrogen-bond acceptors (Lipinski definition) is 4. The summed E-state index contributed by atoms with van der Waals surface area (Å²) in [7, 11) is 0. The maximum Gasteiger partial charge on any atom is 0.276 e. The predicted molar refractivity (Wildman–Crippen MR) is 77.2 cm³/mol. The van der Waals surface area contributed by atoms with E-state index in [2.05, 4.69) is 26.8 Å². The van der Waals surface area contributed by atoms with Crippen molar-refractivity contribution in [1.82, 2.24) is 10.9 Å². The molecule has 0 bridgehead atoms. The second-order valence-electron chi connectivity index (χ2n) is 3.93. The summed E-state index contributed by atoms with van der Waals surface area (Å²) < 4.78 is 11.2. The molecule has 2 N–H and O–H groups in total. The van der Waals surface area contributed by atoms with E-state index in [9.17, 15) is 9.59 Å². The smallest absolute Gasteiger partial charge is 0.276 e.